The van der Waals surface area contributed by atoms with Crippen molar-refractivity contribution in [2.75, 3.05) is 24.7 Å². The van der Waals surface area contributed by atoms with Gasteiger partial charge in [0.05, 0.1) is 0 Å². The Bertz CT molecular complexity index is 324. The van der Waals surface area contributed by atoms with Crippen LogP contribution in [0.3, 0.4) is 0 Å². The Morgan fingerprint density at radius 3 is 2.65 bits per heavy atom. The van der Waals surface area contributed by atoms with Gasteiger partial charge >= 0.3 is 0 Å². The van der Waals surface area contributed by atoms with E-state index < -0.39 is 0 Å². The molecule has 94 valence electrons. The number of benzene rings is 1. The lowest BCUT2D eigenvalue weighted by Gasteiger charge is -2.14. The molecule has 0 saturated heterocycles. The Morgan fingerprint density at radius 1 is 1.24 bits per heavy atom. The molecule has 0 amide bonds. The van der Waals surface area contributed by atoms with Gasteiger partial charge in [0.1, 0.15) is 0 Å². The minimum atomic E-state index is 0.555. The van der Waals surface area contributed by atoms with Gasteiger partial charge in [-0.15, -0.1) is 23.4 Å². The van der Waals surface area contributed by atoms with Crippen LogP contribution in [0.1, 0.15) is 19.3 Å². The lowest BCUT2D eigenvalue weighted by Crippen LogP contribution is -2.26. The Hall–Kier alpha value is -0.180. The fourth-order valence-electron chi connectivity index (χ4n) is 2.00. The molecule has 0 spiro atoms. The van der Waals surface area contributed by atoms with Crippen LogP contribution in [0.2, 0.25) is 0 Å². The molecule has 0 atom stereocenters. The molecule has 1 aromatic rings. The molecule has 0 radical (unpaired) electrons. The Morgan fingerprint density at radius 2 is 2.00 bits per heavy atom. The van der Waals surface area contributed by atoms with Crippen LogP contribution in [0.5, 0.6) is 0 Å². The van der Waals surface area contributed by atoms with Gasteiger partial charge in [-0.05, 0) is 36.8 Å². The van der Waals surface area contributed by atoms with E-state index in [1.54, 1.807) is 0 Å². The van der Waals surface area contributed by atoms with E-state index in [4.69, 9.17) is 11.6 Å². The van der Waals surface area contributed by atoms with Gasteiger partial charge in [0, 0.05) is 29.6 Å². The zero-order valence-electron chi connectivity index (χ0n) is 10.1. The van der Waals surface area contributed by atoms with E-state index in [0.29, 0.717) is 5.41 Å². The first-order chi connectivity index (χ1) is 8.35. The fraction of sp³-hybridized carbons (Fsp3) is 0.571. The van der Waals surface area contributed by atoms with Crippen molar-refractivity contribution in [2.45, 2.75) is 24.2 Å². The number of hydrogen-bond acceptors (Lipinski definition) is 2. The average Bonchev–Trinajstić information content (AvgIpc) is 3.11. The zero-order chi connectivity index (χ0) is 12.0. The molecule has 1 saturated carbocycles. The Labute approximate surface area is 113 Å². The monoisotopic (exact) mass is 269 g/mol. The quantitative estimate of drug-likeness (QED) is 0.438. The second-order valence-electron chi connectivity index (χ2n) is 4.78. The van der Waals surface area contributed by atoms with Gasteiger partial charge in [-0.2, -0.15) is 0 Å². The van der Waals surface area contributed by atoms with E-state index in [9.17, 15) is 0 Å². The van der Waals surface area contributed by atoms with Gasteiger partial charge in [0.2, 0.25) is 0 Å². The molecule has 1 fully saturated rings. The van der Waals surface area contributed by atoms with Gasteiger partial charge in [-0.1, -0.05) is 18.2 Å². The molecule has 3 heteroatoms. The predicted molar refractivity (Wildman–Crippen MR) is 77.0 cm³/mol. The van der Waals surface area contributed by atoms with Gasteiger partial charge < -0.3 is 5.32 Å². The van der Waals surface area contributed by atoms with Gasteiger partial charge in [-0.25, -0.2) is 0 Å². The van der Waals surface area contributed by atoms with Crippen molar-refractivity contribution in [3.8, 4) is 0 Å². The smallest absolute Gasteiger partial charge is 0.0229 e. The first-order valence-electron chi connectivity index (χ1n) is 6.29. The summed E-state index contributed by atoms with van der Waals surface area (Å²) in [5.74, 6) is 1.95. The highest BCUT2D eigenvalue weighted by Gasteiger charge is 2.40. The summed E-state index contributed by atoms with van der Waals surface area (Å²) in [4.78, 5) is 1.36. The van der Waals surface area contributed by atoms with E-state index in [1.807, 2.05) is 11.8 Å². The lowest BCUT2D eigenvalue weighted by atomic mass is 10.0. The largest absolute Gasteiger partial charge is 0.315 e. The summed E-state index contributed by atoms with van der Waals surface area (Å²) < 4.78 is 0. The normalized spacial score (nSPS) is 17.0. The molecular formula is C14H20ClNS. The van der Waals surface area contributed by atoms with Crippen molar-refractivity contribution < 1.29 is 0 Å². The minimum Gasteiger partial charge on any atom is -0.315 e. The fourth-order valence-corrected chi connectivity index (χ4v) is 3.24. The standard InChI is InChI=1S/C14H20ClNS/c15-9-8-14(6-7-14)12-16-10-11-17-13-4-2-1-3-5-13/h1-5,16H,6-12H2. The van der Waals surface area contributed by atoms with E-state index in [2.05, 4.69) is 35.6 Å². The maximum absolute atomic E-state index is 5.81. The van der Waals surface area contributed by atoms with Crippen LogP contribution in [0.15, 0.2) is 35.2 Å². The number of halogens is 1. The summed E-state index contributed by atoms with van der Waals surface area (Å²) in [5, 5.41) is 3.56. The Balaban J connectivity index is 1.55. The summed E-state index contributed by atoms with van der Waals surface area (Å²) in [5.41, 5.74) is 0.555. The van der Waals surface area contributed by atoms with Crippen molar-refractivity contribution in [1.29, 1.82) is 0 Å². The second-order valence-corrected chi connectivity index (χ2v) is 6.32. The van der Waals surface area contributed by atoms with Crippen LogP contribution in [0.25, 0.3) is 0 Å². The van der Waals surface area contributed by atoms with Crippen LogP contribution in [0.4, 0.5) is 0 Å². The summed E-state index contributed by atoms with van der Waals surface area (Å²) in [6, 6.07) is 10.6. The van der Waals surface area contributed by atoms with Crippen LogP contribution in [0, 0.1) is 5.41 Å². The first kappa shape index (κ1) is 13.3. The van der Waals surface area contributed by atoms with Crippen molar-refractivity contribution >= 4 is 23.4 Å². The number of nitrogens with one attached hydrogen (secondary N) is 1. The number of hydrogen-bond donors (Lipinski definition) is 1. The van der Waals surface area contributed by atoms with E-state index >= 15 is 0 Å². The number of thioether (sulfide) groups is 1. The maximum atomic E-state index is 5.81. The highest BCUT2D eigenvalue weighted by molar-refractivity contribution is 7.99. The highest BCUT2D eigenvalue weighted by Crippen LogP contribution is 2.48. The van der Waals surface area contributed by atoms with Crippen molar-refractivity contribution in [2.24, 2.45) is 5.41 Å². The molecular weight excluding hydrogens is 250 g/mol. The van der Waals surface area contributed by atoms with Crippen LogP contribution in [-0.4, -0.2) is 24.7 Å². The van der Waals surface area contributed by atoms with Gasteiger partial charge in [0.15, 0.2) is 0 Å². The molecule has 1 nitrogen and oxygen atoms in total. The number of alkyl halides is 1. The minimum absolute atomic E-state index is 0.555. The zero-order valence-corrected chi connectivity index (χ0v) is 11.7. The third kappa shape index (κ3) is 4.53. The molecule has 1 aromatic carbocycles. The average molecular weight is 270 g/mol. The van der Waals surface area contributed by atoms with Crippen molar-refractivity contribution in [1.82, 2.24) is 5.32 Å². The molecule has 0 unspecified atom stereocenters. The molecule has 0 aromatic heterocycles. The SMILES string of the molecule is ClCCC1(CNCCSc2ccccc2)CC1. The molecule has 0 aliphatic heterocycles. The maximum Gasteiger partial charge on any atom is 0.0229 e. The van der Waals surface area contributed by atoms with Gasteiger partial charge in [-0.3, -0.25) is 0 Å². The summed E-state index contributed by atoms with van der Waals surface area (Å²) in [7, 11) is 0. The topological polar surface area (TPSA) is 12.0 Å². The third-order valence-corrected chi connectivity index (χ3v) is 4.58. The molecule has 0 heterocycles. The van der Waals surface area contributed by atoms with Gasteiger partial charge in [0.25, 0.3) is 0 Å². The summed E-state index contributed by atoms with van der Waals surface area (Å²) in [6.07, 6.45) is 3.89. The van der Waals surface area contributed by atoms with E-state index in [1.165, 1.54) is 24.2 Å². The molecule has 1 aliphatic rings. The molecule has 2 rings (SSSR count). The van der Waals surface area contributed by atoms with Crippen LogP contribution in [-0.2, 0) is 0 Å². The van der Waals surface area contributed by atoms with Crippen molar-refractivity contribution in [3.05, 3.63) is 30.3 Å². The molecule has 0 bridgehead atoms. The predicted octanol–water partition coefficient (Wildman–Crippen LogP) is 3.78. The summed E-state index contributed by atoms with van der Waals surface area (Å²) in [6.45, 7) is 2.23. The van der Waals surface area contributed by atoms with Crippen molar-refractivity contribution in [3.63, 3.8) is 0 Å². The molecule has 1 N–H and O–H groups in total. The lowest BCUT2D eigenvalue weighted by molar-refractivity contribution is 0.454. The van der Waals surface area contributed by atoms with Crippen LogP contribution < -0.4 is 5.32 Å². The number of rotatable bonds is 8. The molecule has 17 heavy (non-hydrogen) atoms. The van der Waals surface area contributed by atoms with Crippen LogP contribution >= 0.6 is 23.4 Å². The Kier molecular flexibility index (Phi) is 5.20. The second kappa shape index (κ2) is 6.67. The van der Waals surface area contributed by atoms with E-state index in [-0.39, 0.29) is 0 Å². The van der Waals surface area contributed by atoms with E-state index in [0.717, 1.165) is 24.7 Å². The molecule has 1 aliphatic carbocycles. The first-order valence-corrected chi connectivity index (χ1v) is 7.81. The highest BCUT2D eigenvalue weighted by atomic mass is 35.5. The summed E-state index contributed by atoms with van der Waals surface area (Å²) >= 11 is 7.73. The third-order valence-electron chi connectivity index (χ3n) is 3.37.